The Morgan fingerprint density at radius 3 is 2.50 bits per heavy atom. The maximum atomic E-state index is 11.0. The summed E-state index contributed by atoms with van der Waals surface area (Å²) in [6.45, 7) is 2.86. The summed E-state index contributed by atoms with van der Waals surface area (Å²) < 4.78 is 0.598. The fraction of sp³-hybridized carbons (Fsp3) is 0.222. The Bertz CT molecular complexity index is 390. The second-order valence-corrected chi connectivity index (χ2v) is 3.65. The molecule has 1 heterocycles. The molecule has 4 nitrogen and oxygen atoms in total. The Kier molecular flexibility index (Phi) is 3.35. The lowest BCUT2D eigenvalue weighted by atomic mass is 10.2. The minimum atomic E-state index is -0.200. The average Bonchev–Trinajstić information content (AvgIpc) is 2.07. The summed E-state index contributed by atoms with van der Waals surface area (Å²) in [5.74, 6) is 0.156. The highest BCUT2D eigenvalue weighted by molar-refractivity contribution is 9.10. The molecule has 0 unspecified atom stereocenters. The van der Waals surface area contributed by atoms with Gasteiger partial charge in [-0.25, -0.2) is 4.98 Å². The van der Waals surface area contributed by atoms with Gasteiger partial charge in [-0.2, -0.15) is 0 Å². The largest absolute Gasteiger partial charge is 0.310 e. The molecule has 0 aliphatic heterocycles. The second-order valence-electron chi connectivity index (χ2n) is 2.79. The van der Waals surface area contributed by atoms with Crippen LogP contribution in [0.2, 0.25) is 0 Å². The van der Waals surface area contributed by atoms with Crippen molar-refractivity contribution in [3.63, 3.8) is 0 Å². The van der Waals surface area contributed by atoms with Crippen molar-refractivity contribution in [3.8, 4) is 0 Å². The molecule has 1 aromatic heterocycles. The number of hydrogen-bond donors (Lipinski definition) is 1. The summed E-state index contributed by atoms with van der Waals surface area (Å²) in [4.78, 5) is 25.7. The van der Waals surface area contributed by atoms with Gasteiger partial charge in [0, 0.05) is 18.7 Å². The zero-order valence-electron chi connectivity index (χ0n) is 7.80. The van der Waals surface area contributed by atoms with Crippen LogP contribution < -0.4 is 5.32 Å². The third-order valence-electron chi connectivity index (χ3n) is 1.54. The third-order valence-corrected chi connectivity index (χ3v) is 2.15. The minimum Gasteiger partial charge on any atom is -0.310 e. The van der Waals surface area contributed by atoms with Crippen molar-refractivity contribution < 1.29 is 9.59 Å². The predicted molar refractivity (Wildman–Crippen MR) is 56.2 cm³/mol. The van der Waals surface area contributed by atoms with Crippen LogP contribution in [0.3, 0.4) is 0 Å². The standard InChI is InChI=1S/C9H9BrN2O2/c1-5(13)7-3-8(10)9(11-4-7)12-6(2)14/h3-4H,1-2H3,(H,11,12,14). The Morgan fingerprint density at radius 1 is 1.43 bits per heavy atom. The van der Waals surface area contributed by atoms with E-state index in [4.69, 9.17) is 0 Å². The first kappa shape index (κ1) is 10.8. The van der Waals surface area contributed by atoms with E-state index in [2.05, 4.69) is 26.2 Å². The molecule has 1 amide bonds. The van der Waals surface area contributed by atoms with Gasteiger partial charge in [-0.3, -0.25) is 9.59 Å². The number of carbonyl (C=O) groups is 2. The number of rotatable bonds is 2. The van der Waals surface area contributed by atoms with Gasteiger partial charge < -0.3 is 5.32 Å². The number of aromatic nitrogens is 1. The van der Waals surface area contributed by atoms with Crippen molar-refractivity contribution in [3.05, 3.63) is 22.3 Å². The zero-order chi connectivity index (χ0) is 10.7. The molecule has 1 rings (SSSR count). The smallest absolute Gasteiger partial charge is 0.222 e. The van der Waals surface area contributed by atoms with Crippen LogP contribution in [-0.4, -0.2) is 16.7 Å². The molecule has 5 heteroatoms. The van der Waals surface area contributed by atoms with E-state index >= 15 is 0 Å². The summed E-state index contributed by atoms with van der Waals surface area (Å²) in [7, 11) is 0. The van der Waals surface area contributed by atoms with Gasteiger partial charge in [-0.15, -0.1) is 0 Å². The number of carbonyl (C=O) groups excluding carboxylic acids is 2. The summed E-state index contributed by atoms with van der Waals surface area (Å²) in [6, 6.07) is 1.63. The number of amides is 1. The molecule has 0 aliphatic carbocycles. The lowest BCUT2D eigenvalue weighted by molar-refractivity contribution is -0.114. The van der Waals surface area contributed by atoms with Crippen molar-refractivity contribution in [1.29, 1.82) is 0 Å². The summed E-state index contributed by atoms with van der Waals surface area (Å²) in [5, 5.41) is 2.53. The van der Waals surface area contributed by atoms with Crippen molar-refractivity contribution in [2.45, 2.75) is 13.8 Å². The summed E-state index contributed by atoms with van der Waals surface area (Å²) in [6.07, 6.45) is 1.43. The number of ketones is 1. The van der Waals surface area contributed by atoms with Crippen molar-refractivity contribution in [2.24, 2.45) is 0 Å². The maximum Gasteiger partial charge on any atom is 0.222 e. The van der Waals surface area contributed by atoms with Crippen molar-refractivity contribution >= 4 is 33.4 Å². The van der Waals surface area contributed by atoms with E-state index < -0.39 is 0 Å². The zero-order valence-corrected chi connectivity index (χ0v) is 9.38. The monoisotopic (exact) mass is 256 g/mol. The first-order valence-corrected chi connectivity index (χ1v) is 4.74. The van der Waals surface area contributed by atoms with Gasteiger partial charge in [-0.1, -0.05) is 0 Å². The molecule has 0 bridgehead atoms. The Balaban J connectivity index is 3.01. The molecule has 0 saturated heterocycles. The van der Waals surface area contributed by atoms with Crippen LogP contribution in [0.15, 0.2) is 16.7 Å². The molecule has 74 valence electrons. The number of halogens is 1. The number of nitrogens with zero attached hydrogens (tertiary/aromatic N) is 1. The number of pyridine rings is 1. The molecule has 0 atom stereocenters. The fourth-order valence-corrected chi connectivity index (χ4v) is 1.34. The van der Waals surface area contributed by atoms with Crippen LogP contribution >= 0.6 is 15.9 Å². The number of hydrogen-bond acceptors (Lipinski definition) is 3. The normalized spacial score (nSPS) is 9.64. The van der Waals surface area contributed by atoms with E-state index in [0.717, 1.165) is 0 Å². The van der Waals surface area contributed by atoms with E-state index in [0.29, 0.717) is 15.9 Å². The first-order valence-electron chi connectivity index (χ1n) is 3.95. The third kappa shape index (κ3) is 2.63. The van der Waals surface area contributed by atoms with Crippen LogP contribution in [0, 0.1) is 0 Å². The molecule has 1 N–H and O–H groups in total. The minimum absolute atomic E-state index is 0.0624. The SMILES string of the molecule is CC(=O)Nc1ncc(C(C)=O)cc1Br. The van der Waals surface area contributed by atoms with Crippen LogP contribution in [-0.2, 0) is 4.79 Å². The fourth-order valence-electron chi connectivity index (χ4n) is 0.889. The Hall–Kier alpha value is -1.23. The van der Waals surface area contributed by atoms with Crippen LogP contribution in [0.4, 0.5) is 5.82 Å². The highest BCUT2D eigenvalue weighted by Gasteiger charge is 2.06. The lowest BCUT2D eigenvalue weighted by Gasteiger charge is -2.04. The number of nitrogens with one attached hydrogen (secondary N) is 1. The van der Waals surface area contributed by atoms with E-state index in [1.165, 1.54) is 20.0 Å². The highest BCUT2D eigenvalue weighted by Crippen LogP contribution is 2.20. The maximum absolute atomic E-state index is 11.0. The molecule has 14 heavy (non-hydrogen) atoms. The molecule has 0 aromatic carbocycles. The molecule has 0 radical (unpaired) electrons. The van der Waals surface area contributed by atoms with Crippen molar-refractivity contribution in [1.82, 2.24) is 4.98 Å². The Morgan fingerprint density at radius 2 is 2.07 bits per heavy atom. The molecular formula is C9H9BrN2O2. The highest BCUT2D eigenvalue weighted by atomic mass is 79.9. The van der Waals surface area contributed by atoms with E-state index in [9.17, 15) is 9.59 Å². The van der Waals surface area contributed by atoms with E-state index in [1.54, 1.807) is 6.07 Å². The quantitative estimate of drug-likeness (QED) is 0.824. The summed E-state index contributed by atoms with van der Waals surface area (Å²) in [5.41, 5.74) is 0.506. The Labute approximate surface area is 89.9 Å². The lowest BCUT2D eigenvalue weighted by Crippen LogP contribution is -2.08. The van der Waals surface area contributed by atoms with Gasteiger partial charge in [0.25, 0.3) is 0 Å². The molecular weight excluding hydrogens is 248 g/mol. The first-order chi connectivity index (χ1) is 6.50. The predicted octanol–water partition coefficient (Wildman–Crippen LogP) is 2.01. The molecule has 0 saturated carbocycles. The number of anilines is 1. The topological polar surface area (TPSA) is 59.1 Å². The van der Waals surface area contributed by atoms with Crippen LogP contribution in [0.25, 0.3) is 0 Å². The van der Waals surface area contributed by atoms with Gasteiger partial charge >= 0.3 is 0 Å². The summed E-state index contributed by atoms with van der Waals surface area (Å²) >= 11 is 3.21. The second kappa shape index (κ2) is 4.32. The van der Waals surface area contributed by atoms with E-state index in [-0.39, 0.29) is 11.7 Å². The van der Waals surface area contributed by atoms with Gasteiger partial charge in [0.05, 0.1) is 4.47 Å². The molecule has 0 aliphatic rings. The average molecular weight is 257 g/mol. The van der Waals surface area contributed by atoms with Crippen molar-refractivity contribution in [2.75, 3.05) is 5.32 Å². The van der Waals surface area contributed by atoms with Crippen LogP contribution in [0.1, 0.15) is 24.2 Å². The van der Waals surface area contributed by atoms with Gasteiger partial charge in [0.1, 0.15) is 5.82 Å². The molecule has 0 fully saturated rings. The molecule has 1 aromatic rings. The van der Waals surface area contributed by atoms with Gasteiger partial charge in [0.2, 0.25) is 5.91 Å². The molecule has 0 spiro atoms. The van der Waals surface area contributed by atoms with Gasteiger partial charge in [0.15, 0.2) is 5.78 Å². The van der Waals surface area contributed by atoms with E-state index in [1.807, 2.05) is 0 Å². The van der Waals surface area contributed by atoms with Gasteiger partial charge in [-0.05, 0) is 28.9 Å². The van der Waals surface area contributed by atoms with Crippen LogP contribution in [0.5, 0.6) is 0 Å². The number of Topliss-reactive ketones (excluding diaryl/α,β-unsaturated/α-hetero) is 1.